The van der Waals surface area contributed by atoms with E-state index >= 15 is 0 Å². The predicted octanol–water partition coefficient (Wildman–Crippen LogP) is 27.9. The van der Waals surface area contributed by atoms with Crippen LogP contribution < -0.4 is 9.80 Å². The van der Waals surface area contributed by atoms with Crippen LogP contribution in [-0.4, -0.2) is 9.13 Å². The first-order valence-corrected chi connectivity index (χ1v) is 36.2. The van der Waals surface area contributed by atoms with Crippen LogP contribution in [0, 0.1) is 5.82 Å². The Labute approximate surface area is 599 Å². The number of halogens is 1. The molecule has 0 aliphatic heterocycles. The Morgan fingerprint density at radius 2 is 0.612 bits per heavy atom. The highest BCUT2D eigenvalue weighted by Crippen LogP contribution is 2.47. The van der Waals surface area contributed by atoms with Crippen molar-refractivity contribution in [3.8, 4) is 44.8 Å². The van der Waals surface area contributed by atoms with Gasteiger partial charge in [-0.05, 0) is 221 Å². The standard InChI is InChI=1S/C50H31FN2OS.C44H28N2OS/c51-36-20-26-40(27-21-36)53-45-12-6-4-10-41(45)44-30-34(19-29-46(44)53)32-14-22-38(23-15-32)52(37-8-2-1-3-9-37)39-24-16-33(17-25-39)35-18-28-43-48(31-35)55-50-42-11-5-7-13-47(42)54-49(43)50;1-3-13-31(14-4-1)45(34-23-25-40-38(28-34)35-18-7-9-20-39(35)46(40)32-15-5-2-6-16-32)33-17-11-12-29(26-33)30-22-24-37-42(27-30)48-44-36-19-8-10-21-41(36)47-43(37)44/h1-31H;1-28H. The van der Waals surface area contributed by atoms with Gasteiger partial charge in [-0.25, -0.2) is 4.39 Å². The first-order valence-electron chi connectivity index (χ1n) is 34.5. The van der Waals surface area contributed by atoms with Crippen molar-refractivity contribution in [2.45, 2.75) is 0 Å². The van der Waals surface area contributed by atoms with Crippen LogP contribution in [0.25, 0.3) is 151 Å². The fraction of sp³-hybridized carbons (Fsp3) is 0. The summed E-state index contributed by atoms with van der Waals surface area (Å²) in [6, 6.07) is 126. The highest BCUT2D eigenvalue weighted by atomic mass is 32.1. The zero-order chi connectivity index (χ0) is 68.1. The molecular formula is C94H59FN4O2S2. The highest BCUT2D eigenvalue weighted by Gasteiger charge is 2.22. The van der Waals surface area contributed by atoms with Crippen molar-refractivity contribution in [3.05, 3.63) is 364 Å². The van der Waals surface area contributed by atoms with E-state index in [2.05, 4.69) is 328 Å². The summed E-state index contributed by atoms with van der Waals surface area (Å²) in [6.45, 7) is 0. The molecule has 21 aromatic rings. The third-order valence-electron chi connectivity index (χ3n) is 20.0. The van der Waals surface area contributed by atoms with Crippen molar-refractivity contribution >= 4 is 163 Å². The lowest BCUT2D eigenvalue weighted by Crippen LogP contribution is -2.09. The lowest BCUT2D eigenvalue weighted by atomic mass is 10.0. The van der Waals surface area contributed by atoms with Crippen LogP contribution in [0.4, 0.5) is 38.5 Å². The molecular weight excluding hydrogens is 1300 g/mol. The minimum Gasteiger partial charge on any atom is -0.454 e. The Hall–Kier alpha value is -13.1. The number of para-hydroxylation sites is 7. The fourth-order valence-electron chi connectivity index (χ4n) is 15.2. The van der Waals surface area contributed by atoms with E-state index in [1.807, 2.05) is 47.7 Å². The molecule has 0 saturated carbocycles. The molecule has 0 N–H and O–H groups in total. The zero-order valence-corrected chi connectivity index (χ0v) is 57.0. The molecule has 486 valence electrons. The van der Waals surface area contributed by atoms with Gasteiger partial charge in [0.15, 0.2) is 11.2 Å². The van der Waals surface area contributed by atoms with Crippen LogP contribution in [0.15, 0.2) is 367 Å². The van der Waals surface area contributed by atoms with Gasteiger partial charge in [0, 0.05) is 98.0 Å². The minimum atomic E-state index is -0.240. The van der Waals surface area contributed by atoms with Gasteiger partial charge >= 0.3 is 0 Å². The van der Waals surface area contributed by atoms with Crippen molar-refractivity contribution in [2.75, 3.05) is 9.80 Å². The lowest BCUT2D eigenvalue weighted by Gasteiger charge is -2.26. The van der Waals surface area contributed by atoms with E-state index in [1.54, 1.807) is 11.3 Å². The number of anilines is 6. The highest BCUT2D eigenvalue weighted by molar-refractivity contribution is 7.27. The molecule has 103 heavy (non-hydrogen) atoms. The largest absolute Gasteiger partial charge is 0.454 e. The van der Waals surface area contributed by atoms with E-state index in [0.717, 1.165) is 106 Å². The average Bonchev–Trinajstić information content (AvgIpc) is 1.63. The van der Waals surface area contributed by atoms with E-state index in [1.165, 1.54) is 91.2 Å². The topological polar surface area (TPSA) is 42.6 Å². The molecule has 0 spiro atoms. The maximum absolute atomic E-state index is 13.8. The van der Waals surface area contributed by atoms with E-state index in [0.29, 0.717) is 0 Å². The van der Waals surface area contributed by atoms with Crippen LogP contribution >= 0.6 is 22.7 Å². The number of rotatable bonds is 11. The number of aromatic nitrogens is 2. The second-order valence-electron chi connectivity index (χ2n) is 26.1. The Bertz CT molecular complexity index is 6810. The third kappa shape index (κ3) is 10.3. The summed E-state index contributed by atoms with van der Waals surface area (Å²) in [5.41, 5.74) is 24.1. The summed E-state index contributed by atoms with van der Waals surface area (Å²) in [5.74, 6) is -0.240. The Kier molecular flexibility index (Phi) is 14.4. The van der Waals surface area contributed by atoms with Gasteiger partial charge in [-0.1, -0.05) is 170 Å². The molecule has 0 amide bonds. The Balaban J connectivity index is 0.000000139. The van der Waals surface area contributed by atoms with Crippen LogP contribution in [0.5, 0.6) is 0 Å². The molecule has 6 nitrogen and oxygen atoms in total. The number of nitrogens with zero attached hydrogens (tertiary/aromatic N) is 4. The second-order valence-corrected chi connectivity index (χ2v) is 28.2. The van der Waals surface area contributed by atoms with Crippen LogP contribution in [0.1, 0.15) is 0 Å². The van der Waals surface area contributed by atoms with Gasteiger partial charge < -0.3 is 27.8 Å². The summed E-state index contributed by atoms with van der Waals surface area (Å²) in [4.78, 5) is 4.66. The summed E-state index contributed by atoms with van der Waals surface area (Å²) >= 11 is 3.60. The molecule has 0 radical (unpaired) electrons. The molecule has 6 aromatic heterocycles. The van der Waals surface area contributed by atoms with Crippen molar-refractivity contribution in [1.82, 2.24) is 9.13 Å². The van der Waals surface area contributed by atoms with Gasteiger partial charge in [-0.2, -0.15) is 0 Å². The average molecular weight is 1360 g/mol. The maximum Gasteiger partial charge on any atom is 0.154 e. The van der Waals surface area contributed by atoms with Crippen molar-refractivity contribution < 1.29 is 13.2 Å². The van der Waals surface area contributed by atoms with Gasteiger partial charge in [0.05, 0.1) is 31.5 Å². The molecule has 0 unspecified atom stereocenters. The number of hydrogen-bond acceptors (Lipinski definition) is 6. The van der Waals surface area contributed by atoms with E-state index < -0.39 is 0 Å². The summed E-state index contributed by atoms with van der Waals surface area (Å²) in [5, 5.41) is 9.47. The zero-order valence-electron chi connectivity index (χ0n) is 55.4. The molecule has 15 aromatic carbocycles. The smallest absolute Gasteiger partial charge is 0.154 e. The normalized spacial score (nSPS) is 11.7. The van der Waals surface area contributed by atoms with Crippen LogP contribution in [0.3, 0.4) is 0 Å². The van der Waals surface area contributed by atoms with Gasteiger partial charge in [0.1, 0.15) is 17.0 Å². The van der Waals surface area contributed by atoms with Gasteiger partial charge in [-0.15, -0.1) is 22.7 Å². The van der Waals surface area contributed by atoms with E-state index in [-0.39, 0.29) is 5.82 Å². The minimum absolute atomic E-state index is 0.240. The first kappa shape index (κ1) is 60.0. The second kappa shape index (κ2) is 24.7. The molecule has 0 fully saturated rings. The van der Waals surface area contributed by atoms with Crippen molar-refractivity contribution in [1.29, 1.82) is 0 Å². The number of fused-ring (bicyclic) bond motifs is 16. The van der Waals surface area contributed by atoms with Gasteiger partial charge in [0.2, 0.25) is 0 Å². The fourth-order valence-corrected chi connectivity index (χ4v) is 17.6. The van der Waals surface area contributed by atoms with Crippen LogP contribution in [-0.2, 0) is 0 Å². The maximum atomic E-state index is 13.8. The quantitative estimate of drug-likeness (QED) is 0.129. The van der Waals surface area contributed by atoms with Crippen LogP contribution in [0.2, 0.25) is 0 Å². The molecule has 0 atom stereocenters. The molecule has 21 rings (SSSR count). The van der Waals surface area contributed by atoms with Crippen molar-refractivity contribution in [3.63, 3.8) is 0 Å². The summed E-state index contributed by atoms with van der Waals surface area (Å²) in [7, 11) is 0. The van der Waals surface area contributed by atoms with Crippen molar-refractivity contribution in [2.24, 2.45) is 0 Å². The number of thiophene rings is 2. The molecule has 6 heterocycles. The van der Waals surface area contributed by atoms with Gasteiger partial charge in [0.25, 0.3) is 0 Å². The summed E-state index contributed by atoms with van der Waals surface area (Å²) in [6.07, 6.45) is 0. The first-order chi connectivity index (χ1) is 51.0. The summed E-state index contributed by atoms with van der Waals surface area (Å²) < 4.78 is 35.8. The molecule has 9 heteroatoms. The number of hydrogen-bond donors (Lipinski definition) is 0. The van der Waals surface area contributed by atoms with E-state index in [9.17, 15) is 4.39 Å². The number of furan rings is 2. The molecule has 0 aliphatic rings. The lowest BCUT2D eigenvalue weighted by molar-refractivity contribution is 0.627. The third-order valence-corrected chi connectivity index (χ3v) is 22.4. The monoisotopic (exact) mass is 1360 g/mol. The Morgan fingerprint density at radius 1 is 0.243 bits per heavy atom. The molecule has 0 aliphatic carbocycles. The number of benzene rings is 15. The molecule has 0 bridgehead atoms. The predicted molar refractivity (Wildman–Crippen MR) is 433 cm³/mol. The van der Waals surface area contributed by atoms with Gasteiger partial charge in [-0.3, -0.25) is 0 Å². The molecule has 0 saturated heterocycles. The Morgan fingerprint density at radius 3 is 1.17 bits per heavy atom. The SMILES string of the molecule is Fc1ccc(-n2c3ccccc3c3cc(-c4ccc(N(c5ccccc5)c5ccc(-c6ccc7c(c6)sc6c8ccccc8oc76)cc5)cc4)ccc32)cc1.c1ccc(N(c2cccc(-c3ccc4c(c3)sc3c5ccccc5oc43)c2)c2ccc3c(c2)c2ccccc2n3-c2ccccc2)cc1. The van der Waals surface area contributed by atoms with E-state index in [4.69, 9.17) is 8.83 Å².